The van der Waals surface area contributed by atoms with Crippen LogP contribution in [0.1, 0.15) is 54.7 Å². The van der Waals surface area contributed by atoms with Gasteiger partial charge in [-0.1, -0.05) is 42.3 Å². The molecule has 0 aliphatic heterocycles. The molecule has 0 radical (unpaired) electrons. The first-order chi connectivity index (χ1) is 18.4. The summed E-state index contributed by atoms with van der Waals surface area (Å²) in [5, 5.41) is -0.202. The van der Waals surface area contributed by atoms with Crippen LogP contribution in [-0.4, -0.2) is 35.9 Å². The minimum atomic E-state index is -0.942. The molecule has 7 nitrogen and oxygen atoms in total. The fourth-order valence-electron chi connectivity index (χ4n) is 4.00. The Morgan fingerprint density at radius 3 is 2.00 bits per heavy atom. The number of carbonyl (C=O) groups excluding carboxylic acids is 3. The molecule has 0 amide bonds. The van der Waals surface area contributed by atoms with Gasteiger partial charge in [0.1, 0.15) is 17.7 Å². The van der Waals surface area contributed by atoms with E-state index in [4.69, 9.17) is 37.4 Å². The highest BCUT2D eigenvalue weighted by atomic mass is 35.5. The van der Waals surface area contributed by atoms with Gasteiger partial charge in [-0.25, -0.2) is 13.8 Å². The van der Waals surface area contributed by atoms with Crippen LogP contribution in [0.5, 0.6) is 11.5 Å². The van der Waals surface area contributed by atoms with Gasteiger partial charge in [-0.05, 0) is 42.3 Å². The normalized spacial score (nSPS) is 12.5. The summed E-state index contributed by atoms with van der Waals surface area (Å²) in [4.78, 5) is 41.6. The molecule has 39 heavy (non-hydrogen) atoms. The SMILES string of the molecule is COc1ccnc(C(=O)C[C@@H](C)C(=O)O[C@@H](C)C(c2ccc(Cl)c(F)c2)c2ccc(Cl)c(F)c2)c1OC(C)=O. The number of ketones is 1. The quantitative estimate of drug-likeness (QED) is 0.198. The Labute approximate surface area is 234 Å². The van der Waals surface area contributed by atoms with E-state index >= 15 is 0 Å². The van der Waals surface area contributed by atoms with Gasteiger partial charge in [-0.3, -0.25) is 14.4 Å². The highest BCUT2D eigenvalue weighted by molar-refractivity contribution is 6.31. The average Bonchev–Trinajstić information content (AvgIpc) is 2.88. The van der Waals surface area contributed by atoms with Crippen LogP contribution in [0.25, 0.3) is 0 Å². The molecule has 0 N–H and O–H groups in total. The second kappa shape index (κ2) is 13.0. The Kier molecular flexibility index (Phi) is 9.99. The number of benzene rings is 2. The molecule has 0 saturated heterocycles. The molecule has 11 heteroatoms. The summed E-state index contributed by atoms with van der Waals surface area (Å²) in [6, 6.07) is 9.58. The van der Waals surface area contributed by atoms with Gasteiger partial charge in [0.05, 0.1) is 23.1 Å². The Bertz CT molecular complexity index is 1350. The predicted molar refractivity (Wildman–Crippen MR) is 140 cm³/mol. The lowest BCUT2D eigenvalue weighted by atomic mass is 9.87. The van der Waals surface area contributed by atoms with Crippen molar-refractivity contribution in [3.05, 3.63) is 87.2 Å². The lowest BCUT2D eigenvalue weighted by molar-refractivity contribution is -0.153. The third-order valence-corrected chi connectivity index (χ3v) is 6.48. The molecule has 0 aliphatic carbocycles. The second-order valence-electron chi connectivity index (χ2n) is 8.78. The standard InChI is InChI=1S/C28H25Cl2F2NO6/c1-14(11-23(35)26-27(39-16(3)34)24(37-4)9-10-33-26)28(36)38-15(2)25(17-5-7-19(29)21(31)12-17)18-6-8-20(30)22(32)13-18/h5-10,12-15,25H,11H2,1-4H3/t14-,15+/m1/s1. The van der Waals surface area contributed by atoms with E-state index in [1.54, 1.807) is 19.1 Å². The van der Waals surface area contributed by atoms with Crippen molar-refractivity contribution in [2.24, 2.45) is 5.92 Å². The fraction of sp³-hybridized carbons (Fsp3) is 0.286. The number of hydrogen-bond acceptors (Lipinski definition) is 7. The van der Waals surface area contributed by atoms with Gasteiger partial charge in [0, 0.05) is 31.5 Å². The van der Waals surface area contributed by atoms with Crippen LogP contribution in [0.3, 0.4) is 0 Å². The number of aromatic nitrogens is 1. The molecule has 0 fully saturated rings. The molecule has 206 valence electrons. The zero-order valence-corrected chi connectivity index (χ0v) is 23.0. The summed E-state index contributed by atoms with van der Waals surface area (Å²) in [5.41, 5.74) is 0.590. The van der Waals surface area contributed by atoms with E-state index in [2.05, 4.69) is 4.98 Å². The monoisotopic (exact) mass is 579 g/mol. The second-order valence-corrected chi connectivity index (χ2v) is 9.59. The van der Waals surface area contributed by atoms with Crippen LogP contribution in [0.2, 0.25) is 10.0 Å². The van der Waals surface area contributed by atoms with Gasteiger partial charge in [-0.15, -0.1) is 0 Å². The van der Waals surface area contributed by atoms with Crippen molar-refractivity contribution in [1.29, 1.82) is 0 Å². The van der Waals surface area contributed by atoms with E-state index in [9.17, 15) is 23.2 Å². The number of nitrogens with zero attached hydrogens (tertiary/aromatic N) is 1. The molecule has 2 atom stereocenters. The number of rotatable bonds is 10. The topological polar surface area (TPSA) is 91.8 Å². The molecule has 0 unspecified atom stereocenters. The predicted octanol–water partition coefficient (Wildman–Crippen LogP) is 6.57. The van der Waals surface area contributed by atoms with Crippen LogP contribution in [0.15, 0.2) is 48.7 Å². The Balaban J connectivity index is 1.84. The van der Waals surface area contributed by atoms with Crippen molar-refractivity contribution < 1.29 is 37.4 Å². The van der Waals surface area contributed by atoms with E-state index in [1.165, 1.54) is 50.6 Å². The highest BCUT2D eigenvalue weighted by Crippen LogP contribution is 2.35. The molecule has 3 aromatic rings. The Hall–Kier alpha value is -3.56. The number of carbonyl (C=O) groups is 3. The lowest BCUT2D eigenvalue weighted by Gasteiger charge is -2.26. The smallest absolute Gasteiger partial charge is 0.309 e. The fourth-order valence-corrected chi connectivity index (χ4v) is 4.24. The van der Waals surface area contributed by atoms with E-state index < -0.39 is 47.3 Å². The molecule has 0 spiro atoms. The minimum absolute atomic E-state index is 0.101. The number of esters is 2. The number of methoxy groups -OCH3 is 1. The maximum absolute atomic E-state index is 14.3. The molecular formula is C28H25Cl2F2NO6. The van der Waals surface area contributed by atoms with Crippen LogP contribution in [-0.2, 0) is 14.3 Å². The number of pyridine rings is 1. The maximum atomic E-state index is 14.3. The zero-order valence-electron chi connectivity index (χ0n) is 21.5. The van der Waals surface area contributed by atoms with Gasteiger partial charge in [-0.2, -0.15) is 0 Å². The summed E-state index contributed by atoms with van der Waals surface area (Å²) in [6.45, 7) is 4.22. The van der Waals surface area contributed by atoms with Crippen molar-refractivity contribution in [1.82, 2.24) is 4.98 Å². The number of ether oxygens (including phenoxy) is 3. The van der Waals surface area contributed by atoms with Crippen LogP contribution < -0.4 is 9.47 Å². The average molecular weight is 580 g/mol. The van der Waals surface area contributed by atoms with Crippen molar-refractivity contribution in [3.63, 3.8) is 0 Å². The van der Waals surface area contributed by atoms with Crippen molar-refractivity contribution in [2.75, 3.05) is 7.11 Å². The van der Waals surface area contributed by atoms with Crippen molar-refractivity contribution >= 4 is 40.9 Å². The first-order valence-electron chi connectivity index (χ1n) is 11.8. The first kappa shape index (κ1) is 30.0. The summed E-state index contributed by atoms with van der Waals surface area (Å²) >= 11 is 11.7. The number of halogens is 4. The number of hydrogen-bond donors (Lipinski definition) is 0. The molecule has 0 bridgehead atoms. The molecule has 1 aromatic heterocycles. The summed E-state index contributed by atoms with van der Waals surface area (Å²) < 4.78 is 44.5. The Morgan fingerprint density at radius 2 is 1.51 bits per heavy atom. The zero-order chi connectivity index (χ0) is 28.9. The molecule has 0 saturated carbocycles. The van der Waals surface area contributed by atoms with Gasteiger partial charge < -0.3 is 14.2 Å². The van der Waals surface area contributed by atoms with E-state index in [0.717, 1.165) is 6.92 Å². The molecule has 3 rings (SSSR count). The largest absolute Gasteiger partial charge is 0.493 e. The van der Waals surface area contributed by atoms with Gasteiger partial charge in [0.25, 0.3) is 0 Å². The molecule has 1 heterocycles. The van der Waals surface area contributed by atoms with Gasteiger partial charge in [0.15, 0.2) is 17.2 Å². The van der Waals surface area contributed by atoms with Crippen molar-refractivity contribution in [3.8, 4) is 11.5 Å². The number of Topliss-reactive ketones (excluding diaryl/α,β-unsaturated/α-hetero) is 1. The third kappa shape index (κ3) is 7.30. The highest BCUT2D eigenvalue weighted by Gasteiger charge is 2.30. The van der Waals surface area contributed by atoms with Crippen molar-refractivity contribution in [2.45, 2.75) is 39.2 Å². The lowest BCUT2D eigenvalue weighted by Crippen LogP contribution is -2.28. The Morgan fingerprint density at radius 1 is 0.949 bits per heavy atom. The summed E-state index contributed by atoms with van der Waals surface area (Å²) in [6.07, 6.45) is 0.0730. The van der Waals surface area contributed by atoms with E-state index in [1.807, 2.05) is 0 Å². The van der Waals surface area contributed by atoms with Crippen LogP contribution in [0.4, 0.5) is 8.78 Å². The van der Waals surface area contributed by atoms with Crippen LogP contribution in [0, 0.1) is 17.6 Å². The molecular weight excluding hydrogens is 555 g/mol. The first-order valence-corrected chi connectivity index (χ1v) is 12.5. The minimum Gasteiger partial charge on any atom is -0.493 e. The van der Waals surface area contributed by atoms with Crippen LogP contribution >= 0.6 is 23.2 Å². The van der Waals surface area contributed by atoms with E-state index in [0.29, 0.717) is 11.1 Å². The summed E-state index contributed by atoms with van der Waals surface area (Å²) in [7, 11) is 1.34. The molecule has 0 aliphatic rings. The van der Waals surface area contributed by atoms with Gasteiger partial charge >= 0.3 is 11.9 Å². The molecule has 2 aromatic carbocycles. The maximum Gasteiger partial charge on any atom is 0.309 e. The van der Waals surface area contributed by atoms with Gasteiger partial charge in [0.2, 0.25) is 5.75 Å². The van der Waals surface area contributed by atoms with E-state index in [-0.39, 0.29) is 33.7 Å². The third-order valence-electron chi connectivity index (χ3n) is 5.87. The summed E-state index contributed by atoms with van der Waals surface area (Å²) in [5.74, 6) is -5.14.